The van der Waals surface area contributed by atoms with Crippen molar-refractivity contribution in [1.29, 1.82) is 0 Å². The van der Waals surface area contributed by atoms with E-state index in [1.54, 1.807) is 6.92 Å². The molecule has 126 valence electrons. The molecule has 0 aliphatic rings. The molecule has 2 heteroatoms. The highest BCUT2D eigenvalue weighted by Crippen LogP contribution is 2.38. The molecule has 0 radical (unpaired) electrons. The number of carbonyl (C=O) groups excluding carboxylic acids is 2. The first-order chi connectivity index (χ1) is 11.2. The summed E-state index contributed by atoms with van der Waals surface area (Å²) < 4.78 is 0. The summed E-state index contributed by atoms with van der Waals surface area (Å²) in [5, 5.41) is 0. The maximum atomic E-state index is 13.4. The Morgan fingerprint density at radius 3 is 1.71 bits per heavy atom. The van der Waals surface area contributed by atoms with E-state index in [0.717, 1.165) is 11.1 Å². The molecule has 24 heavy (non-hydrogen) atoms. The standard InChI is InChI=1S/C22H26O2/c1-16(17-12-8-6-9-13-17)19(23)22(5,20(24)21(2,3)4)18-14-10-7-11-15-18/h6-16H,1-5H3. The van der Waals surface area contributed by atoms with Crippen molar-refractivity contribution in [3.8, 4) is 0 Å². The average molecular weight is 322 g/mol. The van der Waals surface area contributed by atoms with Gasteiger partial charge in [-0.25, -0.2) is 0 Å². The van der Waals surface area contributed by atoms with E-state index in [4.69, 9.17) is 0 Å². The molecule has 0 aliphatic carbocycles. The van der Waals surface area contributed by atoms with Gasteiger partial charge in [-0.2, -0.15) is 0 Å². The first kappa shape index (κ1) is 18.1. The van der Waals surface area contributed by atoms with Crippen molar-refractivity contribution in [2.24, 2.45) is 5.41 Å². The Bertz CT molecular complexity index is 711. The van der Waals surface area contributed by atoms with Crippen LogP contribution in [0.1, 0.15) is 51.7 Å². The molecule has 0 N–H and O–H groups in total. The minimum absolute atomic E-state index is 0.0472. The fourth-order valence-corrected chi connectivity index (χ4v) is 3.23. The summed E-state index contributed by atoms with van der Waals surface area (Å²) >= 11 is 0. The van der Waals surface area contributed by atoms with Gasteiger partial charge >= 0.3 is 0 Å². The van der Waals surface area contributed by atoms with Crippen LogP contribution in [0.15, 0.2) is 60.7 Å². The number of hydrogen-bond donors (Lipinski definition) is 0. The summed E-state index contributed by atoms with van der Waals surface area (Å²) in [4.78, 5) is 26.7. The third kappa shape index (κ3) is 3.33. The highest BCUT2D eigenvalue weighted by molar-refractivity contribution is 6.15. The predicted octanol–water partition coefficient (Wildman–Crippen LogP) is 4.93. The van der Waals surface area contributed by atoms with E-state index in [2.05, 4.69) is 0 Å². The third-order valence-corrected chi connectivity index (χ3v) is 4.67. The lowest BCUT2D eigenvalue weighted by Gasteiger charge is -2.35. The highest BCUT2D eigenvalue weighted by Gasteiger charge is 2.48. The molecule has 2 aromatic carbocycles. The van der Waals surface area contributed by atoms with E-state index in [-0.39, 0.29) is 17.5 Å². The molecule has 0 saturated heterocycles. The van der Waals surface area contributed by atoms with Crippen LogP contribution in [0.5, 0.6) is 0 Å². The van der Waals surface area contributed by atoms with Gasteiger partial charge in [0.1, 0.15) is 5.41 Å². The molecule has 0 spiro atoms. The Kier molecular flexibility index (Phi) is 5.08. The fraction of sp³-hybridized carbons (Fsp3) is 0.364. The maximum absolute atomic E-state index is 13.4. The van der Waals surface area contributed by atoms with Crippen molar-refractivity contribution in [3.05, 3.63) is 71.8 Å². The molecule has 0 saturated carbocycles. The van der Waals surface area contributed by atoms with Crippen molar-refractivity contribution < 1.29 is 9.59 Å². The predicted molar refractivity (Wildman–Crippen MR) is 98.1 cm³/mol. The van der Waals surface area contributed by atoms with Crippen LogP contribution in [-0.2, 0) is 15.0 Å². The summed E-state index contributed by atoms with van der Waals surface area (Å²) in [6, 6.07) is 19.1. The number of benzene rings is 2. The Balaban J connectivity index is 2.55. The van der Waals surface area contributed by atoms with Crippen LogP contribution in [0.4, 0.5) is 0 Å². The van der Waals surface area contributed by atoms with Gasteiger partial charge in [-0.1, -0.05) is 88.4 Å². The minimum atomic E-state index is -1.16. The van der Waals surface area contributed by atoms with Gasteiger partial charge in [0, 0.05) is 11.3 Å². The third-order valence-electron chi connectivity index (χ3n) is 4.67. The Morgan fingerprint density at radius 1 is 0.792 bits per heavy atom. The van der Waals surface area contributed by atoms with Crippen LogP contribution in [0.2, 0.25) is 0 Å². The van der Waals surface area contributed by atoms with E-state index >= 15 is 0 Å². The SMILES string of the molecule is CC(C(=O)C(C)(C(=O)C(C)(C)C)c1ccccc1)c1ccccc1. The van der Waals surface area contributed by atoms with E-state index in [0.29, 0.717) is 0 Å². The van der Waals surface area contributed by atoms with Crippen molar-refractivity contribution in [2.45, 2.75) is 46.0 Å². The summed E-state index contributed by atoms with van der Waals surface area (Å²) in [6.45, 7) is 9.28. The Morgan fingerprint density at radius 2 is 1.25 bits per heavy atom. The maximum Gasteiger partial charge on any atom is 0.157 e. The number of ketones is 2. The topological polar surface area (TPSA) is 34.1 Å². The molecule has 0 fully saturated rings. The molecule has 0 bridgehead atoms. The molecule has 0 amide bonds. The molecule has 2 nitrogen and oxygen atoms in total. The summed E-state index contributed by atoms with van der Waals surface area (Å²) in [5.74, 6) is -0.448. The van der Waals surface area contributed by atoms with E-state index in [9.17, 15) is 9.59 Å². The highest BCUT2D eigenvalue weighted by atomic mass is 16.2. The smallest absolute Gasteiger partial charge is 0.157 e. The van der Waals surface area contributed by atoms with Gasteiger partial charge in [0.15, 0.2) is 11.6 Å². The lowest BCUT2D eigenvalue weighted by atomic mass is 9.64. The second-order valence-electron chi connectivity index (χ2n) is 7.57. The van der Waals surface area contributed by atoms with Gasteiger partial charge in [-0.05, 0) is 18.1 Å². The van der Waals surface area contributed by atoms with Gasteiger partial charge < -0.3 is 0 Å². The van der Waals surface area contributed by atoms with Crippen LogP contribution in [0.3, 0.4) is 0 Å². The second-order valence-corrected chi connectivity index (χ2v) is 7.57. The number of Topliss-reactive ketones (excluding diaryl/α,β-unsaturated/α-hetero) is 2. The van der Waals surface area contributed by atoms with Gasteiger partial charge in [0.05, 0.1) is 0 Å². The zero-order valence-corrected chi connectivity index (χ0v) is 15.2. The average Bonchev–Trinajstić information content (AvgIpc) is 2.59. The number of rotatable bonds is 5. The number of hydrogen-bond acceptors (Lipinski definition) is 2. The molecular formula is C22H26O2. The quantitative estimate of drug-likeness (QED) is 0.731. The minimum Gasteiger partial charge on any atom is -0.298 e. The summed E-state index contributed by atoms with van der Waals surface area (Å²) in [6.07, 6.45) is 0. The number of carbonyl (C=O) groups is 2. The van der Waals surface area contributed by atoms with Crippen LogP contribution in [0.25, 0.3) is 0 Å². The van der Waals surface area contributed by atoms with Crippen molar-refractivity contribution in [2.75, 3.05) is 0 Å². The molecule has 0 heterocycles. The van der Waals surface area contributed by atoms with Gasteiger partial charge in [0.25, 0.3) is 0 Å². The molecule has 2 atom stereocenters. The van der Waals surface area contributed by atoms with Crippen LogP contribution < -0.4 is 0 Å². The van der Waals surface area contributed by atoms with E-state index in [1.165, 1.54) is 0 Å². The summed E-state index contributed by atoms with van der Waals surface area (Å²) in [7, 11) is 0. The first-order valence-electron chi connectivity index (χ1n) is 8.38. The van der Waals surface area contributed by atoms with Gasteiger partial charge in [-0.3, -0.25) is 9.59 Å². The zero-order chi connectivity index (χ0) is 18.0. The molecule has 0 aromatic heterocycles. The van der Waals surface area contributed by atoms with Gasteiger partial charge in [0.2, 0.25) is 0 Å². The zero-order valence-electron chi connectivity index (χ0n) is 15.2. The molecule has 2 rings (SSSR count). The van der Waals surface area contributed by atoms with Crippen molar-refractivity contribution in [3.63, 3.8) is 0 Å². The normalized spacial score (nSPS) is 15.4. The van der Waals surface area contributed by atoms with Crippen molar-refractivity contribution >= 4 is 11.6 Å². The molecule has 2 unspecified atom stereocenters. The fourth-order valence-electron chi connectivity index (χ4n) is 3.23. The second kappa shape index (κ2) is 6.72. The van der Waals surface area contributed by atoms with Crippen LogP contribution >= 0.6 is 0 Å². The largest absolute Gasteiger partial charge is 0.298 e. The first-order valence-corrected chi connectivity index (χ1v) is 8.38. The van der Waals surface area contributed by atoms with Crippen LogP contribution in [-0.4, -0.2) is 11.6 Å². The van der Waals surface area contributed by atoms with E-state index < -0.39 is 10.8 Å². The lowest BCUT2D eigenvalue weighted by molar-refractivity contribution is -0.140. The molecule has 0 aliphatic heterocycles. The lowest BCUT2D eigenvalue weighted by Crippen LogP contribution is -2.48. The Labute approximate surface area is 144 Å². The monoisotopic (exact) mass is 322 g/mol. The molecule has 2 aromatic rings. The Hall–Kier alpha value is -2.22. The van der Waals surface area contributed by atoms with E-state index in [1.807, 2.05) is 88.4 Å². The summed E-state index contributed by atoms with van der Waals surface area (Å²) in [5.41, 5.74) is -0.0603. The molecular weight excluding hydrogens is 296 g/mol. The van der Waals surface area contributed by atoms with Crippen LogP contribution in [0, 0.1) is 5.41 Å². The van der Waals surface area contributed by atoms with Crippen molar-refractivity contribution in [1.82, 2.24) is 0 Å². The van der Waals surface area contributed by atoms with Gasteiger partial charge in [-0.15, -0.1) is 0 Å².